The molecule has 2 aromatic rings. The average molecular weight is 326 g/mol. The summed E-state index contributed by atoms with van der Waals surface area (Å²) in [5.74, 6) is 0.758. The number of nitrogens with zero attached hydrogens (tertiary/aromatic N) is 2. The number of hydrogen-bond donors (Lipinski definition) is 2. The first-order valence-electron chi connectivity index (χ1n) is 8.44. The van der Waals surface area contributed by atoms with Crippen molar-refractivity contribution in [2.45, 2.75) is 45.2 Å². The molecule has 0 saturated heterocycles. The van der Waals surface area contributed by atoms with Crippen molar-refractivity contribution in [2.24, 2.45) is 7.05 Å². The Morgan fingerprint density at radius 1 is 1.42 bits per heavy atom. The van der Waals surface area contributed by atoms with Gasteiger partial charge in [0.2, 0.25) is 5.91 Å². The molecule has 0 bridgehead atoms. The monoisotopic (exact) mass is 326 g/mol. The molecule has 2 heterocycles. The molecule has 0 spiro atoms. The Hall–Kier alpha value is -2.14. The first-order chi connectivity index (χ1) is 11.4. The van der Waals surface area contributed by atoms with Gasteiger partial charge in [-0.25, -0.2) is 4.98 Å². The molecule has 1 aromatic carbocycles. The Bertz CT molecular complexity index is 742. The number of aromatic nitrogens is 2. The molecule has 5 nitrogen and oxygen atoms in total. The Morgan fingerprint density at radius 2 is 2.21 bits per heavy atom. The third-order valence-corrected chi connectivity index (χ3v) is 4.71. The lowest BCUT2D eigenvalue weighted by atomic mass is 9.82. The van der Waals surface area contributed by atoms with Gasteiger partial charge in [0.25, 0.3) is 0 Å². The van der Waals surface area contributed by atoms with Crippen LogP contribution in [0.1, 0.15) is 49.2 Å². The van der Waals surface area contributed by atoms with Gasteiger partial charge in [-0.05, 0) is 22.1 Å². The number of amides is 1. The molecule has 2 N–H and O–H groups in total. The fourth-order valence-corrected chi connectivity index (χ4v) is 3.12. The summed E-state index contributed by atoms with van der Waals surface area (Å²) in [7, 11) is 1.93. The van der Waals surface area contributed by atoms with Gasteiger partial charge in [-0.2, -0.15) is 0 Å². The van der Waals surface area contributed by atoms with Gasteiger partial charge in [0.1, 0.15) is 5.82 Å². The van der Waals surface area contributed by atoms with Crippen molar-refractivity contribution >= 4 is 5.91 Å². The summed E-state index contributed by atoms with van der Waals surface area (Å²) < 4.78 is 1.92. The number of aryl methyl sites for hydroxylation is 1. The van der Waals surface area contributed by atoms with Gasteiger partial charge in [0.05, 0.1) is 12.5 Å². The van der Waals surface area contributed by atoms with Crippen LogP contribution in [0.5, 0.6) is 0 Å². The highest BCUT2D eigenvalue weighted by atomic mass is 16.1. The van der Waals surface area contributed by atoms with E-state index in [4.69, 9.17) is 0 Å². The van der Waals surface area contributed by atoms with Gasteiger partial charge in [-0.3, -0.25) is 4.79 Å². The van der Waals surface area contributed by atoms with E-state index in [1.165, 1.54) is 11.1 Å². The van der Waals surface area contributed by atoms with E-state index in [0.29, 0.717) is 13.1 Å². The highest BCUT2D eigenvalue weighted by Crippen LogP contribution is 2.30. The molecule has 1 amide bonds. The summed E-state index contributed by atoms with van der Waals surface area (Å²) >= 11 is 0. The number of hydrogen-bond acceptors (Lipinski definition) is 3. The van der Waals surface area contributed by atoms with Crippen LogP contribution in [0.3, 0.4) is 0 Å². The van der Waals surface area contributed by atoms with Crippen molar-refractivity contribution < 1.29 is 4.79 Å². The Labute approximate surface area is 143 Å². The number of imidazole rings is 1. The van der Waals surface area contributed by atoms with Crippen molar-refractivity contribution in [1.29, 1.82) is 0 Å². The molecular weight excluding hydrogens is 300 g/mol. The second-order valence-corrected chi connectivity index (χ2v) is 7.52. The third-order valence-electron chi connectivity index (χ3n) is 4.71. The summed E-state index contributed by atoms with van der Waals surface area (Å²) in [4.78, 5) is 16.9. The number of fused-ring (bicyclic) bond motifs is 1. The molecule has 1 aliphatic rings. The van der Waals surface area contributed by atoms with Crippen LogP contribution < -0.4 is 10.6 Å². The van der Waals surface area contributed by atoms with Crippen LogP contribution in [0.15, 0.2) is 30.6 Å². The highest BCUT2D eigenvalue weighted by molar-refractivity contribution is 5.84. The normalized spacial score (nSPS) is 17.4. The average Bonchev–Trinajstić information content (AvgIpc) is 2.95. The third kappa shape index (κ3) is 3.36. The maximum absolute atomic E-state index is 12.7. The molecule has 24 heavy (non-hydrogen) atoms. The lowest BCUT2D eigenvalue weighted by Gasteiger charge is -2.28. The molecule has 1 atom stereocenters. The number of benzene rings is 1. The van der Waals surface area contributed by atoms with E-state index < -0.39 is 0 Å². The molecule has 0 saturated carbocycles. The molecule has 128 valence electrons. The SMILES string of the molecule is Cn1ccnc1CNC(=O)C1CNCc2cc(C(C)(C)C)ccc21. The van der Waals surface area contributed by atoms with Crippen LogP contribution in [0, 0.1) is 0 Å². The van der Waals surface area contributed by atoms with E-state index in [-0.39, 0.29) is 17.2 Å². The molecule has 0 aliphatic carbocycles. The van der Waals surface area contributed by atoms with Crippen molar-refractivity contribution in [3.8, 4) is 0 Å². The molecule has 0 fully saturated rings. The van der Waals surface area contributed by atoms with Crippen LogP contribution in [-0.4, -0.2) is 22.0 Å². The van der Waals surface area contributed by atoms with E-state index in [9.17, 15) is 4.79 Å². The van der Waals surface area contributed by atoms with E-state index in [1.807, 2.05) is 17.8 Å². The maximum atomic E-state index is 12.7. The van der Waals surface area contributed by atoms with E-state index in [1.54, 1.807) is 6.20 Å². The number of carbonyl (C=O) groups is 1. The van der Waals surface area contributed by atoms with Gasteiger partial charge >= 0.3 is 0 Å². The van der Waals surface area contributed by atoms with Crippen molar-refractivity contribution in [3.05, 3.63) is 53.1 Å². The largest absolute Gasteiger partial charge is 0.348 e. The number of rotatable bonds is 3. The Balaban J connectivity index is 1.76. The maximum Gasteiger partial charge on any atom is 0.229 e. The van der Waals surface area contributed by atoms with Gasteiger partial charge in [0.15, 0.2) is 0 Å². The molecule has 5 heteroatoms. The van der Waals surface area contributed by atoms with Crippen LogP contribution in [-0.2, 0) is 30.3 Å². The van der Waals surface area contributed by atoms with Crippen LogP contribution in [0.25, 0.3) is 0 Å². The molecular formula is C19H26N4O. The van der Waals surface area contributed by atoms with Gasteiger partial charge in [0, 0.05) is 32.5 Å². The van der Waals surface area contributed by atoms with Gasteiger partial charge in [-0.15, -0.1) is 0 Å². The predicted molar refractivity (Wildman–Crippen MR) is 94.6 cm³/mol. The fourth-order valence-electron chi connectivity index (χ4n) is 3.12. The van der Waals surface area contributed by atoms with Crippen molar-refractivity contribution in [3.63, 3.8) is 0 Å². The van der Waals surface area contributed by atoms with Gasteiger partial charge in [-0.1, -0.05) is 39.0 Å². The minimum atomic E-state index is -0.150. The predicted octanol–water partition coefficient (Wildman–Crippen LogP) is 2.22. The molecule has 0 radical (unpaired) electrons. The first kappa shape index (κ1) is 16.7. The zero-order chi connectivity index (χ0) is 17.3. The minimum absolute atomic E-state index is 0.0509. The zero-order valence-electron chi connectivity index (χ0n) is 14.9. The minimum Gasteiger partial charge on any atom is -0.348 e. The standard InChI is InChI=1S/C19H26N4O/c1-19(2,3)14-5-6-15-13(9-14)10-20-11-16(15)18(24)22-12-17-21-7-8-23(17)4/h5-9,16,20H,10-12H2,1-4H3,(H,22,24). The second-order valence-electron chi connectivity index (χ2n) is 7.52. The second kappa shape index (κ2) is 6.40. The van der Waals surface area contributed by atoms with Gasteiger partial charge < -0.3 is 15.2 Å². The Kier molecular flexibility index (Phi) is 4.45. The summed E-state index contributed by atoms with van der Waals surface area (Å²) in [6.45, 7) is 8.58. The molecule has 1 aromatic heterocycles. The molecule has 1 unspecified atom stereocenters. The topological polar surface area (TPSA) is 59.0 Å². The van der Waals surface area contributed by atoms with Crippen LogP contribution >= 0.6 is 0 Å². The van der Waals surface area contributed by atoms with E-state index in [2.05, 4.69) is 54.6 Å². The van der Waals surface area contributed by atoms with Crippen molar-refractivity contribution in [1.82, 2.24) is 20.2 Å². The first-order valence-corrected chi connectivity index (χ1v) is 8.44. The lowest BCUT2D eigenvalue weighted by molar-refractivity contribution is -0.122. The van der Waals surface area contributed by atoms with Crippen LogP contribution in [0.4, 0.5) is 0 Å². The molecule has 1 aliphatic heterocycles. The van der Waals surface area contributed by atoms with Crippen molar-refractivity contribution in [2.75, 3.05) is 6.54 Å². The zero-order valence-corrected chi connectivity index (χ0v) is 14.9. The van der Waals surface area contributed by atoms with E-state index >= 15 is 0 Å². The van der Waals surface area contributed by atoms with E-state index in [0.717, 1.165) is 17.9 Å². The molecule has 3 rings (SSSR count). The summed E-state index contributed by atoms with van der Waals surface area (Å²) in [6.07, 6.45) is 3.62. The fraction of sp³-hybridized carbons (Fsp3) is 0.474. The number of carbonyl (C=O) groups excluding carboxylic acids is 1. The quantitative estimate of drug-likeness (QED) is 0.909. The number of nitrogens with one attached hydrogen (secondary N) is 2. The smallest absolute Gasteiger partial charge is 0.229 e. The summed E-state index contributed by atoms with van der Waals surface area (Å²) in [5.41, 5.74) is 3.78. The summed E-state index contributed by atoms with van der Waals surface area (Å²) in [6, 6.07) is 6.52. The highest BCUT2D eigenvalue weighted by Gasteiger charge is 2.27. The Morgan fingerprint density at radius 3 is 2.88 bits per heavy atom. The van der Waals surface area contributed by atoms with Crippen LogP contribution in [0.2, 0.25) is 0 Å². The lowest BCUT2D eigenvalue weighted by Crippen LogP contribution is -2.39. The summed E-state index contributed by atoms with van der Waals surface area (Å²) in [5, 5.41) is 6.39.